The van der Waals surface area contributed by atoms with Crippen LogP contribution < -0.4 is 10.1 Å². The maximum atomic E-state index is 12.1. The summed E-state index contributed by atoms with van der Waals surface area (Å²) in [5, 5.41) is 2.37. The van der Waals surface area contributed by atoms with E-state index in [0.717, 1.165) is 4.31 Å². The molecule has 1 amide bonds. The third-order valence-corrected chi connectivity index (χ3v) is 4.23. The number of sulfonamides is 1. The van der Waals surface area contributed by atoms with E-state index in [0.29, 0.717) is 5.75 Å². The lowest BCUT2D eigenvalue weighted by Gasteiger charge is -2.16. The highest BCUT2D eigenvalue weighted by molar-refractivity contribution is 7.89. The number of hydrogen-bond acceptors (Lipinski definition) is 4. The van der Waals surface area contributed by atoms with Crippen LogP contribution in [-0.2, 0) is 14.8 Å². The molecule has 100 valence electrons. The van der Waals surface area contributed by atoms with Crippen LogP contribution in [0.25, 0.3) is 0 Å². The van der Waals surface area contributed by atoms with Crippen LogP contribution in [0.3, 0.4) is 0 Å². The van der Waals surface area contributed by atoms with Gasteiger partial charge in [-0.3, -0.25) is 4.79 Å². The number of rotatable bonds is 5. The summed E-state index contributed by atoms with van der Waals surface area (Å²) in [5.74, 6) is 0.206. The van der Waals surface area contributed by atoms with Gasteiger partial charge in [0.1, 0.15) is 5.75 Å². The molecule has 7 heteroatoms. The second kappa shape index (κ2) is 5.83. The Morgan fingerprint density at radius 1 is 1.33 bits per heavy atom. The van der Waals surface area contributed by atoms with Crippen LogP contribution >= 0.6 is 0 Å². The molecule has 0 atom stereocenters. The van der Waals surface area contributed by atoms with Crippen molar-refractivity contribution in [3.63, 3.8) is 0 Å². The molecule has 0 heterocycles. The minimum atomic E-state index is -3.65. The predicted molar refractivity (Wildman–Crippen MR) is 66.9 cm³/mol. The number of benzene rings is 1. The quantitative estimate of drug-likeness (QED) is 0.822. The molecular weight excluding hydrogens is 256 g/mol. The molecule has 0 aliphatic carbocycles. The van der Waals surface area contributed by atoms with Crippen molar-refractivity contribution in [3.05, 3.63) is 24.3 Å². The zero-order valence-corrected chi connectivity index (χ0v) is 11.3. The van der Waals surface area contributed by atoms with Gasteiger partial charge in [-0.2, -0.15) is 4.31 Å². The first-order chi connectivity index (χ1) is 8.41. The average molecular weight is 272 g/mol. The molecule has 1 rings (SSSR count). The number of nitrogens with one attached hydrogen (secondary N) is 1. The zero-order chi connectivity index (χ0) is 13.8. The molecule has 1 N–H and O–H groups in total. The molecule has 0 saturated heterocycles. The van der Waals surface area contributed by atoms with Crippen molar-refractivity contribution in [2.75, 3.05) is 27.7 Å². The number of nitrogens with zero attached hydrogens (tertiary/aromatic N) is 1. The first kappa shape index (κ1) is 14.5. The van der Waals surface area contributed by atoms with Crippen LogP contribution in [0.2, 0.25) is 0 Å². The van der Waals surface area contributed by atoms with Gasteiger partial charge in [0.2, 0.25) is 15.9 Å². The number of hydrogen-bond donors (Lipinski definition) is 1. The van der Waals surface area contributed by atoms with Gasteiger partial charge < -0.3 is 10.1 Å². The fraction of sp³-hybridized carbons (Fsp3) is 0.364. The third kappa shape index (κ3) is 3.21. The lowest BCUT2D eigenvalue weighted by molar-refractivity contribution is -0.120. The van der Waals surface area contributed by atoms with Gasteiger partial charge in [0.15, 0.2) is 0 Å². The Labute approximate surface area is 107 Å². The highest BCUT2D eigenvalue weighted by atomic mass is 32.2. The molecule has 0 fully saturated rings. The van der Waals surface area contributed by atoms with Crippen LogP contribution in [0.4, 0.5) is 0 Å². The van der Waals surface area contributed by atoms with Crippen LogP contribution in [0.15, 0.2) is 29.2 Å². The summed E-state index contributed by atoms with van der Waals surface area (Å²) in [4.78, 5) is 11.3. The summed E-state index contributed by atoms with van der Waals surface area (Å²) in [6.45, 7) is -0.217. The number of ether oxygens (including phenoxy) is 1. The van der Waals surface area contributed by atoms with Crippen molar-refractivity contribution in [1.82, 2.24) is 9.62 Å². The van der Waals surface area contributed by atoms with Crippen LogP contribution in [0.1, 0.15) is 0 Å². The molecule has 0 aliphatic rings. The first-order valence-electron chi connectivity index (χ1n) is 5.22. The number of likely N-dealkylation sites (N-methyl/N-ethyl adjacent to an activating group) is 2. The Balaban J connectivity index is 2.94. The van der Waals surface area contributed by atoms with E-state index in [2.05, 4.69) is 5.32 Å². The second-order valence-electron chi connectivity index (χ2n) is 3.61. The average Bonchev–Trinajstić information content (AvgIpc) is 2.38. The minimum absolute atomic E-state index is 0.120. The second-order valence-corrected chi connectivity index (χ2v) is 5.65. The number of methoxy groups -OCH3 is 1. The van der Waals surface area contributed by atoms with Gasteiger partial charge in [-0.15, -0.1) is 0 Å². The normalized spacial score (nSPS) is 11.3. The topological polar surface area (TPSA) is 75.7 Å². The molecule has 0 aliphatic heterocycles. The van der Waals surface area contributed by atoms with Crippen molar-refractivity contribution in [2.45, 2.75) is 4.90 Å². The summed E-state index contributed by atoms with van der Waals surface area (Å²) >= 11 is 0. The minimum Gasteiger partial charge on any atom is -0.497 e. The van der Waals surface area contributed by atoms with E-state index in [-0.39, 0.29) is 17.3 Å². The molecule has 0 unspecified atom stereocenters. The van der Waals surface area contributed by atoms with Crippen LogP contribution in [0, 0.1) is 0 Å². The van der Waals surface area contributed by atoms with Crippen molar-refractivity contribution in [3.8, 4) is 5.75 Å². The van der Waals surface area contributed by atoms with Gasteiger partial charge in [-0.05, 0) is 24.3 Å². The molecule has 0 bridgehead atoms. The fourth-order valence-corrected chi connectivity index (χ4v) is 2.42. The van der Waals surface area contributed by atoms with Crippen molar-refractivity contribution in [1.29, 1.82) is 0 Å². The Kier molecular flexibility index (Phi) is 4.69. The van der Waals surface area contributed by atoms with Crippen molar-refractivity contribution < 1.29 is 17.9 Å². The zero-order valence-electron chi connectivity index (χ0n) is 10.5. The SMILES string of the molecule is CNC(=O)CN(C)S(=O)(=O)c1ccc(OC)cc1. The van der Waals surface area contributed by atoms with Crippen molar-refractivity contribution >= 4 is 15.9 Å². The molecule has 6 nitrogen and oxygen atoms in total. The Morgan fingerprint density at radius 3 is 2.33 bits per heavy atom. The first-order valence-corrected chi connectivity index (χ1v) is 6.66. The molecule has 0 aromatic heterocycles. The molecule has 0 saturated carbocycles. The van der Waals surface area contributed by atoms with Gasteiger partial charge in [-0.1, -0.05) is 0 Å². The van der Waals surface area contributed by atoms with Gasteiger partial charge >= 0.3 is 0 Å². The number of amides is 1. The lowest BCUT2D eigenvalue weighted by Crippen LogP contribution is -2.36. The number of carbonyl (C=O) groups excluding carboxylic acids is 1. The molecule has 1 aromatic carbocycles. The van der Waals surface area contributed by atoms with E-state index in [1.165, 1.54) is 33.3 Å². The predicted octanol–water partition coefficient (Wildman–Crippen LogP) is 0.0617. The maximum absolute atomic E-state index is 12.1. The maximum Gasteiger partial charge on any atom is 0.243 e. The van der Waals surface area contributed by atoms with Gasteiger partial charge in [-0.25, -0.2) is 8.42 Å². The summed E-state index contributed by atoms with van der Waals surface area (Å²) < 4.78 is 30.1. The Hall–Kier alpha value is -1.60. The van der Waals surface area contributed by atoms with E-state index in [1.807, 2.05) is 0 Å². The molecule has 0 radical (unpaired) electrons. The summed E-state index contributed by atoms with van der Waals surface area (Å²) in [6, 6.07) is 5.99. The number of carbonyl (C=O) groups is 1. The summed E-state index contributed by atoms with van der Waals surface area (Å²) in [6.07, 6.45) is 0. The Morgan fingerprint density at radius 2 is 1.89 bits per heavy atom. The lowest BCUT2D eigenvalue weighted by atomic mass is 10.3. The standard InChI is InChI=1S/C11H16N2O4S/c1-12-11(14)8-13(2)18(15,16)10-6-4-9(17-3)5-7-10/h4-7H,8H2,1-3H3,(H,12,14). The van der Waals surface area contributed by atoms with Crippen LogP contribution in [0.5, 0.6) is 5.75 Å². The monoisotopic (exact) mass is 272 g/mol. The van der Waals surface area contributed by atoms with Crippen LogP contribution in [-0.4, -0.2) is 46.4 Å². The van der Waals surface area contributed by atoms with Crippen molar-refractivity contribution in [2.24, 2.45) is 0 Å². The molecule has 0 spiro atoms. The van der Waals surface area contributed by atoms with E-state index in [9.17, 15) is 13.2 Å². The fourth-order valence-electron chi connectivity index (χ4n) is 1.29. The molecule has 1 aromatic rings. The highest BCUT2D eigenvalue weighted by Crippen LogP contribution is 2.18. The van der Waals surface area contributed by atoms with Gasteiger partial charge in [0.25, 0.3) is 0 Å². The van der Waals surface area contributed by atoms with E-state index < -0.39 is 10.0 Å². The van der Waals surface area contributed by atoms with E-state index in [1.54, 1.807) is 12.1 Å². The Bertz CT molecular complexity index is 510. The smallest absolute Gasteiger partial charge is 0.243 e. The highest BCUT2D eigenvalue weighted by Gasteiger charge is 2.22. The van der Waals surface area contributed by atoms with Gasteiger partial charge in [0.05, 0.1) is 18.6 Å². The molecular formula is C11H16N2O4S. The molecule has 18 heavy (non-hydrogen) atoms. The third-order valence-electron chi connectivity index (χ3n) is 2.41. The summed E-state index contributed by atoms with van der Waals surface area (Å²) in [7, 11) is 0.660. The summed E-state index contributed by atoms with van der Waals surface area (Å²) in [5.41, 5.74) is 0. The largest absolute Gasteiger partial charge is 0.497 e. The van der Waals surface area contributed by atoms with E-state index >= 15 is 0 Å². The van der Waals surface area contributed by atoms with Gasteiger partial charge in [0, 0.05) is 14.1 Å². The van der Waals surface area contributed by atoms with E-state index in [4.69, 9.17) is 4.74 Å².